The van der Waals surface area contributed by atoms with Crippen molar-refractivity contribution in [2.75, 3.05) is 33.8 Å². The lowest BCUT2D eigenvalue weighted by Crippen LogP contribution is -2.23. The predicted octanol–water partition coefficient (Wildman–Crippen LogP) is 5.12. The van der Waals surface area contributed by atoms with Crippen LogP contribution in [0, 0.1) is 20.2 Å². The molecule has 0 radical (unpaired) electrons. The van der Waals surface area contributed by atoms with Crippen LogP contribution in [0.4, 0.5) is 34.1 Å². The van der Waals surface area contributed by atoms with Gasteiger partial charge in [0.2, 0.25) is 0 Å². The first kappa shape index (κ1) is 28.2. The van der Waals surface area contributed by atoms with Crippen LogP contribution >= 0.6 is 24.4 Å². The second-order valence-corrected chi connectivity index (χ2v) is 9.35. The van der Waals surface area contributed by atoms with Crippen LogP contribution in [0.2, 0.25) is 0 Å². The molecule has 0 fully saturated rings. The number of hydrogen-bond acceptors (Lipinski definition) is 7. The van der Waals surface area contributed by atoms with Crippen molar-refractivity contribution < 1.29 is 14.1 Å². The van der Waals surface area contributed by atoms with Crippen LogP contribution in [-0.2, 0) is 10.8 Å². The summed E-state index contributed by atoms with van der Waals surface area (Å²) < 4.78 is 9.56. The third kappa shape index (κ3) is 9.69. The van der Waals surface area contributed by atoms with Crippen LogP contribution in [0.1, 0.15) is 0 Å². The third-order valence-electron chi connectivity index (χ3n) is 4.10. The summed E-state index contributed by atoms with van der Waals surface area (Å²) in [5.74, 6) is 0. The van der Waals surface area contributed by atoms with Crippen LogP contribution in [0.15, 0.2) is 72.8 Å². The van der Waals surface area contributed by atoms with Crippen LogP contribution in [0.25, 0.3) is 0 Å². The second-order valence-electron chi connectivity index (χ2n) is 7.05. The molecular weight excluding hydrogens is 524 g/mol. The van der Waals surface area contributed by atoms with E-state index in [1.807, 2.05) is 12.1 Å². The molecule has 3 rings (SSSR count). The highest BCUT2D eigenvalue weighted by molar-refractivity contribution is 7.83. The zero-order valence-corrected chi connectivity index (χ0v) is 21.5. The van der Waals surface area contributed by atoms with Crippen molar-refractivity contribution in [1.82, 2.24) is 0 Å². The van der Waals surface area contributed by atoms with Crippen LogP contribution in [0.5, 0.6) is 0 Å². The highest BCUT2D eigenvalue weighted by atomic mass is 32.2. The van der Waals surface area contributed by atoms with Gasteiger partial charge in [-0.15, -0.1) is 0 Å². The Bertz CT molecular complexity index is 1170. The molecule has 0 aromatic heterocycles. The van der Waals surface area contributed by atoms with E-state index in [1.54, 1.807) is 48.9 Å². The van der Waals surface area contributed by atoms with Gasteiger partial charge in [-0.05, 0) is 60.8 Å². The SMILES string of the molecule is CS(C)=O.O=[N+]([O-])c1ccc(NC(=S)Nc2ccccc2NC(=S)Nc2ccc([N+](=O)[O-])cc2)cc1. The maximum Gasteiger partial charge on any atom is 0.269 e. The Kier molecular flexibility index (Phi) is 10.8. The molecule has 0 bridgehead atoms. The zero-order chi connectivity index (χ0) is 26.7. The van der Waals surface area contributed by atoms with Crippen molar-refractivity contribution in [3.05, 3.63) is 93.0 Å². The van der Waals surface area contributed by atoms with E-state index in [1.165, 1.54) is 24.3 Å². The number of non-ortho nitro benzene ring substituents is 2. The minimum Gasteiger partial charge on any atom is -0.332 e. The second kappa shape index (κ2) is 13.8. The molecule has 188 valence electrons. The Hall–Kier alpha value is -4.01. The number of nitrogens with zero attached hydrogens (tertiary/aromatic N) is 2. The van der Waals surface area contributed by atoms with Crippen molar-refractivity contribution in [2.45, 2.75) is 0 Å². The average Bonchev–Trinajstić information content (AvgIpc) is 2.80. The molecule has 0 aliphatic carbocycles. The fraction of sp³-hybridized carbons (Fsp3) is 0.0909. The van der Waals surface area contributed by atoms with Gasteiger partial charge in [0.25, 0.3) is 11.4 Å². The molecule has 0 atom stereocenters. The quantitative estimate of drug-likeness (QED) is 0.185. The van der Waals surface area contributed by atoms with E-state index in [0.29, 0.717) is 22.7 Å². The summed E-state index contributed by atoms with van der Waals surface area (Å²) in [7, 11) is -0.611. The fourth-order valence-corrected chi connectivity index (χ4v) is 3.06. The monoisotopic (exact) mass is 546 g/mol. The maximum absolute atomic E-state index is 10.8. The largest absolute Gasteiger partial charge is 0.332 e. The van der Waals surface area contributed by atoms with Crippen molar-refractivity contribution in [2.24, 2.45) is 0 Å². The molecule has 36 heavy (non-hydrogen) atoms. The lowest BCUT2D eigenvalue weighted by molar-refractivity contribution is -0.385. The van der Waals surface area contributed by atoms with Gasteiger partial charge < -0.3 is 21.3 Å². The number of anilines is 4. The van der Waals surface area contributed by atoms with E-state index in [2.05, 4.69) is 21.3 Å². The molecule has 3 aromatic rings. The van der Waals surface area contributed by atoms with Gasteiger partial charge in [-0.1, -0.05) is 12.1 Å². The molecule has 0 saturated heterocycles. The Morgan fingerprint density at radius 2 is 0.972 bits per heavy atom. The van der Waals surface area contributed by atoms with Crippen LogP contribution < -0.4 is 21.3 Å². The molecule has 4 N–H and O–H groups in total. The van der Waals surface area contributed by atoms with Crippen molar-refractivity contribution in [3.63, 3.8) is 0 Å². The number of benzene rings is 3. The van der Waals surface area contributed by atoms with E-state index in [4.69, 9.17) is 24.4 Å². The van der Waals surface area contributed by atoms with E-state index in [0.717, 1.165) is 0 Å². The van der Waals surface area contributed by atoms with Crippen molar-refractivity contribution in [3.8, 4) is 0 Å². The molecular formula is C22H22N6O5S3. The van der Waals surface area contributed by atoms with E-state index in [9.17, 15) is 24.4 Å². The van der Waals surface area contributed by atoms with Crippen LogP contribution in [0.3, 0.4) is 0 Å². The number of thiocarbonyl (C=S) groups is 2. The highest BCUT2D eigenvalue weighted by Crippen LogP contribution is 2.23. The van der Waals surface area contributed by atoms with Gasteiger partial charge in [-0.3, -0.25) is 24.4 Å². The molecule has 0 saturated carbocycles. The summed E-state index contributed by atoms with van der Waals surface area (Å²) in [6.45, 7) is 0. The summed E-state index contributed by atoms with van der Waals surface area (Å²) in [6.07, 6.45) is 3.28. The van der Waals surface area contributed by atoms with Crippen LogP contribution in [-0.4, -0.2) is 36.8 Å². The minimum absolute atomic E-state index is 0.0157. The minimum atomic E-state index is -0.611. The van der Waals surface area contributed by atoms with Gasteiger partial charge in [0.1, 0.15) is 0 Å². The normalized spacial score (nSPS) is 9.86. The standard InChI is InChI=1S/C20H16N6O4S2.C2H6OS/c27-25(28)15-9-5-13(6-10-15)21-19(31)23-17-3-1-2-4-18(17)24-20(32)22-14-7-11-16(12-8-14)26(29)30;1-4(2)3/h1-12H,(H2,21,23,31)(H2,22,24,32);1-2H3. The van der Waals surface area contributed by atoms with E-state index < -0.39 is 20.6 Å². The summed E-state index contributed by atoms with van der Waals surface area (Å²) >= 11 is 10.7. The molecule has 0 aliphatic heterocycles. The van der Waals surface area contributed by atoms with Gasteiger partial charge in [-0.2, -0.15) is 0 Å². The number of nitro groups is 2. The first-order valence-corrected chi connectivity index (χ1v) is 12.8. The van der Waals surface area contributed by atoms with Gasteiger partial charge in [0, 0.05) is 59.0 Å². The number of hydrogen-bond donors (Lipinski definition) is 4. The topological polar surface area (TPSA) is 151 Å². The van der Waals surface area contributed by atoms with E-state index in [-0.39, 0.29) is 21.6 Å². The summed E-state index contributed by atoms with van der Waals surface area (Å²) in [4.78, 5) is 20.6. The molecule has 14 heteroatoms. The van der Waals surface area contributed by atoms with Gasteiger partial charge in [0.05, 0.1) is 21.2 Å². The Morgan fingerprint density at radius 3 is 1.25 bits per heavy atom. The fourth-order valence-electron chi connectivity index (χ4n) is 2.60. The Balaban J connectivity index is 0.00000106. The molecule has 0 aliphatic rings. The molecule has 3 aromatic carbocycles. The number of nitro benzene ring substituents is 2. The number of para-hydroxylation sites is 2. The van der Waals surface area contributed by atoms with Gasteiger partial charge in [-0.25, -0.2) is 0 Å². The first-order valence-electron chi connectivity index (χ1n) is 10.0. The molecule has 0 spiro atoms. The lowest BCUT2D eigenvalue weighted by atomic mass is 10.2. The molecule has 11 nitrogen and oxygen atoms in total. The van der Waals surface area contributed by atoms with E-state index >= 15 is 0 Å². The van der Waals surface area contributed by atoms with Crippen molar-refractivity contribution >= 4 is 79.6 Å². The summed E-state index contributed by atoms with van der Waals surface area (Å²) in [6, 6.07) is 18.9. The molecule has 0 amide bonds. The number of nitrogens with one attached hydrogen (secondary N) is 4. The Labute approximate surface area is 220 Å². The maximum atomic E-state index is 10.8. The average molecular weight is 547 g/mol. The summed E-state index contributed by atoms with van der Waals surface area (Å²) in [5.41, 5.74) is 2.43. The zero-order valence-electron chi connectivity index (χ0n) is 19.1. The first-order chi connectivity index (χ1) is 17.0. The van der Waals surface area contributed by atoms with Gasteiger partial charge in [0.15, 0.2) is 10.2 Å². The van der Waals surface area contributed by atoms with Crippen molar-refractivity contribution in [1.29, 1.82) is 0 Å². The molecule has 0 unspecified atom stereocenters. The third-order valence-corrected chi connectivity index (χ3v) is 4.50. The molecule has 0 heterocycles. The Morgan fingerprint density at radius 1 is 0.667 bits per heavy atom. The highest BCUT2D eigenvalue weighted by Gasteiger charge is 2.09. The predicted molar refractivity (Wildman–Crippen MR) is 152 cm³/mol. The summed E-state index contributed by atoms with van der Waals surface area (Å²) in [5, 5.41) is 34.1. The smallest absolute Gasteiger partial charge is 0.269 e. The lowest BCUT2D eigenvalue weighted by Gasteiger charge is -2.16. The van der Waals surface area contributed by atoms with Gasteiger partial charge >= 0.3 is 0 Å². The number of rotatable bonds is 6.